The summed E-state index contributed by atoms with van der Waals surface area (Å²) in [6.45, 7) is 9.07. The third-order valence-corrected chi connectivity index (χ3v) is 9.20. The number of carbonyl (C=O) groups is 1. The number of Topliss-reactive ketones (excluding diaryl/α,β-unsaturated/α-hetero) is 1. The summed E-state index contributed by atoms with van der Waals surface area (Å²) in [5, 5.41) is 1.29. The zero-order valence-corrected chi connectivity index (χ0v) is 19.1. The standard InChI is InChI=1S/C24H32NO2P/c1-23(2)15-17(26)16-24(3,4)28(23)21-14-9-8-11-18(21)22-19(25(5)6)12-10-13-20(22)27-7/h8-14H,15-16H2,1-7H3. The van der Waals surface area contributed by atoms with Crippen molar-refractivity contribution in [1.29, 1.82) is 0 Å². The summed E-state index contributed by atoms with van der Waals surface area (Å²) in [5.74, 6) is 1.27. The van der Waals surface area contributed by atoms with Crippen LogP contribution in [0.15, 0.2) is 42.5 Å². The molecule has 0 bridgehead atoms. The average molecular weight is 397 g/mol. The number of rotatable bonds is 4. The van der Waals surface area contributed by atoms with E-state index >= 15 is 0 Å². The van der Waals surface area contributed by atoms with Gasteiger partial charge in [-0.25, -0.2) is 0 Å². The second kappa shape index (κ2) is 7.52. The largest absolute Gasteiger partial charge is 0.496 e. The Balaban J connectivity index is 2.28. The highest BCUT2D eigenvalue weighted by Gasteiger charge is 2.48. The smallest absolute Gasteiger partial charge is 0.134 e. The van der Waals surface area contributed by atoms with Gasteiger partial charge in [0.2, 0.25) is 0 Å². The Kier molecular flexibility index (Phi) is 5.60. The van der Waals surface area contributed by atoms with Crippen LogP contribution in [0.4, 0.5) is 5.69 Å². The van der Waals surface area contributed by atoms with Gasteiger partial charge in [-0.2, -0.15) is 0 Å². The van der Waals surface area contributed by atoms with Gasteiger partial charge in [0.25, 0.3) is 0 Å². The van der Waals surface area contributed by atoms with E-state index in [4.69, 9.17) is 4.74 Å². The predicted molar refractivity (Wildman–Crippen MR) is 122 cm³/mol. The first-order chi connectivity index (χ1) is 13.1. The SMILES string of the molecule is COc1cccc(N(C)C)c1-c1ccccc1P1C(C)(C)CC(=O)CC1(C)C. The van der Waals surface area contributed by atoms with Crippen molar-refractivity contribution < 1.29 is 9.53 Å². The Morgan fingerprint density at radius 3 is 2.11 bits per heavy atom. The molecule has 3 rings (SSSR count). The van der Waals surface area contributed by atoms with E-state index in [1.807, 2.05) is 12.1 Å². The quantitative estimate of drug-likeness (QED) is 0.642. The molecule has 2 aromatic rings. The normalized spacial score (nSPS) is 18.8. The van der Waals surface area contributed by atoms with Crippen LogP contribution in [-0.4, -0.2) is 37.3 Å². The zero-order valence-electron chi connectivity index (χ0n) is 18.2. The van der Waals surface area contributed by atoms with Gasteiger partial charge in [0.1, 0.15) is 11.5 Å². The number of hydrogen-bond acceptors (Lipinski definition) is 3. The van der Waals surface area contributed by atoms with Gasteiger partial charge in [0, 0.05) is 38.2 Å². The Hall–Kier alpha value is -1.86. The number of hydrogen-bond donors (Lipinski definition) is 0. The van der Waals surface area contributed by atoms with Gasteiger partial charge < -0.3 is 9.64 Å². The molecule has 0 aromatic heterocycles. The maximum atomic E-state index is 12.5. The highest BCUT2D eigenvalue weighted by atomic mass is 31.1. The minimum atomic E-state index is -0.568. The van der Waals surface area contributed by atoms with Gasteiger partial charge in [0.15, 0.2) is 0 Å². The van der Waals surface area contributed by atoms with Crippen molar-refractivity contribution in [3.8, 4) is 16.9 Å². The number of nitrogens with zero attached hydrogens (tertiary/aromatic N) is 1. The summed E-state index contributed by atoms with van der Waals surface area (Å²) >= 11 is 0. The Morgan fingerprint density at radius 1 is 0.929 bits per heavy atom. The van der Waals surface area contributed by atoms with Crippen molar-refractivity contribution in [3.63, 3.8) is 0 Å². The van der Waals surface area contributed by atoms with Gasteiger partial charge in [0.05, 0.1) is 7.11 Å². The van der Waals surface area contributed by atoms with E-state index in [0.29, 0.717) is 18.6 Å². The minimum absolute atomic E-state index is 0.0371. The van der Waals surface area contributed by atoms with Crippen LogP contribution >= 0.6 is 7.92 Å². The molecule has 150 valence electrons. The van der Waals surface area contributed by atoms with E-state index in [-0.39, 0.29) is 10.3 Å². The minimum Gasteiger partial charge on any atom is -0.496 e. The molecule has 0 radical (unpaired) electrons. The fourth-order valence-electron chi connectivity index (χ4n) is 4.87. The number of carbonyl (C=O) groups excluding carboxylic acids is 1. The van der Waals surface area contributed by atoms with E-state index in [2.05, 4.69) is 77.0 Å². The van der Waals surface area contributed by atoms with Crippen LogP contribution in [0, 0.1) is 0 Å². The molecule has 2 aromatic carbocycles. The molecule has 0 saturated carbocycles. The Bertz CT molecular complexity index is 866. The molecule has 1 fully saturated rings. The lowest BCUT2D eigenvalue weighted by atomic mass is 9.96. The second-order valence-corrected chi connectivity index (χ2v) is 12.7. The molecule has 4 heteroatoms. The van der Waals surface area contributed by atoms with Crippen molar-refractivity contribution in [2.45, 2.75) is 50.8 Å². The van der Waals surface area contributed by atoms with Gasteiger partial charge in [-0.1, -0.05) is 65.9 Å². The molecule has 0 aliphatic carbocycles. The summed E-state index contributed by atoms with van der Waals surface area (Å²) in [4.78, 5) is 14.6. The van der Waals surface area contributed by atoms with Crippen molar-refractivity contribution in [2.75, 3.05) is 26.1 Å². The first-order valence-electron chi connectivity index (χ1n) is 9.84. The second-order valence-electron chi connectivity index (χ2n) is 9.12. The number of ether oxygens (including phenoxy) is 1. The van der Waals surface area contributed by atoms with Gasteiger partial charge in [-0.05, 0) is 33.3 Å². The van der Waals surface area contributed by atoms with Gasteiger partial charge in [-0.3, -0.25) is 4.79 Å². The highest BCUT2D eigenvalue weighted by molar-refractivity contribution is 7.69. The number of benzene rings is 2. The van der Waals surface area contributed by atoms with Crippen LogP contribution in [0.25, 0.3) is 11.1 Å². The first-order valence-corrected chi connectivity index (χ1v) is 11.2. The molecule has 0 amide bonds. The van der Waals surface area contributed by atoms with Crippen LogP contribution in [0.1, 0.15) is 40.5 Å². The van der Waals surface area contributed by atoms with Crippen LogP contribution < -0.4 is 14.9 Å². The molecule has 1 aliphatic heterocycles. The molecule has 1 heterocycles. The van der Waals surface area contributed by atoms with Gasteiger partial charge in [-0.15, -0.1) is 0 Å². The lowest BCUT2D eigenvalue weighted by Gasteiger charge is -2.49. The molecular weight excluding hydrogens is 365 g/mol. The summed E-state index contributed by atoms with van der Waals surface area (Å²) in [5.41, 5.74) is 3.51. The van der Waals surface area contributed by atoms with E-state index in [1.165, 1.54) is 10.9 Å². The predicted octanol–water partition coefficient (Wildman–Crippen LogP) is 5.46. The third kappa shape index (κ3) is 3.70. The van der Waals surface area contributed by atoms with Gasteiger partial charge >= 0.3 is 0 Å². The molecule has 0 N–H and O–H groups in total. The number of methoxy groups -OCH3 is 1. The van der Waals surface area contributed by atoms with E-state index in [0.717, 1.165) is 17.0 Å². The van der Waals surface area contributed by atoms with Crippen molar-refractivity contribution in [3.05, 3.63) is 42.5 Å². The number of anilines is 1. The monoisotopic (exact) mass is 397 g/mol. The molecular formula is C24H32NO2P. The van der Waals surface area contributed by atoms with E-state index < -0.39 is 7.92 Å². The zero-order chi connectivity index (χ0) is 20.7. The maximum absolute atomic E-state index is 12.5. The topological polar surface area (TPSA) is 29.5 Å². The van der Waals surface area contributed by atoms with Crippen molar-refractivity contribution >= 4 is 24.7 Å². The lowest BCUT2D eigenvalue weighted by Crippen LogP contribution is -2.43. The molecule has 0 atom stereocenters. The fourth-order valence-corrected chi connectivity index (χ4v) is 9.14. The molecule has 3 nitrogen and oxygen atoms in total. The lowest BCUT2D eigenvalue weighted by molar-refractivity contribution is -0.120. The summed E-state index contributed by atoms with van der Waals surface area (Å²) in [6.07, 6.45) is 1.31. The molecule has 1 saturated heterocycles. The molecule has 0 spiro atoms. The Morgan fingerprint density at radius 2 is 1.54 bits per heavy atom. The summed E-state index contributed by atoms with van der Waals surface area (Å²) < 4.78 is 5.78. The van der Waals surface area contributed by atoms with Crippen LogP contribution in [0.2, 0.25) is 0 Å². The summed E-state index contributed by atoms with van der Waals surface area (Å²) in [6, 6.07) is 14.9. The Labute approximate surface area is 170 Å². The van der Waals surface area contributed by atoms with Crippen LogP contribution in [-0.2, 0) is 4.79 Å². The highest BCUT2D eigenvalue weighted by Crippen LogP contribution is 2.65. The van der Waals surface area contributed by atoms with E-state index in [9.17, 15) is 4.79 Å². The van der Waals surface area contributed by atoms with E-state index in [1.54, 1.807) is 7.11 Å². The van der Waals surface area contributed by atoms with Crippen LogP contribution in [0.3, 0.4) is 0 Å². The third-order valence-electron chi connectivity index (χ3n) is 5.59. The number of ketones is 1. The molecule has 1 aliphatic rings. The van der Waals surface area contributed by atoms with Crippen LogP contribution in [0.5, 0.6) is 5.75 Å². The fraction of sp³-hybridized carbons (Fsp3) is 0.458. The average Bonchev–Trinajstić information content (AvgIpc) is 2.59. The van der Waals surface area contributed by atoms with Crippen molar-refractivity contribution in [1.82, 2.24) is 0 Å². The molecule has 28 heavy (non-hydrogen) atoms. The van der Waals surface area contributed by atoms with Crippen molar-refractivity contribution in [2.24, 2.45) is 0 Å². The summed E-state index contributed by atoms with van der Waals surface area (Å²) in [7, 11) is 5.30. The maximum Gasteiger partial charge on any atom is 0.134 e. The molecule has 0 unspecified atom stereocenters. The first kappa shape index (κ1) is 20.9.